The lowest BCUT2D eigenvalue weighted by molar-refractivity contribution is 0.661. The lowest BCUT2D eigenvalue weighted by atomic mass is 9.82. The smallest absolute Gasteiger partial charge is 0.164 e. The molecule has 3 nitrogen and oxygen atoms in total. The van der Waals surface area contributed by atoms with Crippen molar-refractivity contribution in [1.29, 1.82) is 0 Å². The highest BCUT2D eigenvalue weighted by Crippen LogP contribution is 2.50. The van der Waals surface area contributed by atoms with Gasteiger partial charge in [-0.2, -0.15) is 0 Å². The van der Waals surface area contributed by atoms with Crippen LogP contribution in [0, 0.1) is 0 Å². The molecule has 3 heteroatoms. The van der Waals surface area contributed by atoms with Crippen LogP contribution in [0.1, 0.15) is 25.0 Å². The van der Waals surface area contributed by atoms with Crippen LogP contribution in [0.25, 0.3) is 77.6 Å². The highest BCUT2D eigenvalue weighted by molar-refractivity contribution is 6.13. The molecule has 0 unspecified atom stereocenters. The Bertz CT molecular complexity index is 2460. The predicted molar refractivity (Wildman–Crippen MR) is 186 cm³/mol. The van der Waals surface area contributed by atoms with Gasteiger partial charge in [0.05, 0.1) is 0 Å². The zero-order valence-corrected chi connectivity index (χ0v) is 25.1. The number of aromatic nitrogens is 3. The molecule has 45 heavy (non-hydrogen) atoms. The first-order valence-corrected chi connectivity index (χ1v) is 15.5. The largest absolute Gasteiger partial charge is 0.208 e. The fraction of sp³-hybridized carbons (Fsp3) is 0.0714. The van der Waals surface area contributed by atoms with Crippen molar-refractivity contribution < 1.29 is 0 Å². The Hall–Kier alpha value is -5.67. The average Bonchev–Trinajstić information content (AvgIpc) is 3.32. The average molecular weight is 576 g/mol. The maximum atomic E-state index is 5.17. The van der Waals surface area contributed by atoms with Crippen LogP contribution in [0.5, 0.6) is 0 Å². The van der Waals surface area contributed by atoms with Gasteiger partial charge in [0, 0.05) is 22.1 Å². The minimum absolute atomic E-state index is 0.0326. The summed E-state index contributed by atoms with van der Waals surface area (Å²) in [4.78, 5) is 15.3. The number of fused-ring (bicyclic) bond motifs is 7. The molecule has 0 radical (unpaired) electrons. The van der Waals surface area contributed by atoms with Gasteiger partial charge in [0.1, 0.15) is 0 Å². The molecule has 1 aliphatic rings. The first-order chi connectivity index (χ1) is 22.0. The Labute approximate surface area is 261 Å². The van der Waals surface area contributed by atoms with E-state index < -0.39 is 0 Å². The summed E-state index contributed by atoms with van der Waals surface area (Å²) in [5, 5.41) is 7.10. The SMILES string of the molecule is CC1(C)c2ccccc2-c2cc3cc(-c4nc(-c5ccccc5)nc(-c5cc6ccccc6c6ccccc56)n4)ccc3cc21. The van der Waals surface area contributed by atoms with Gasteiger partial charge in [0.25, 0.3) is 0 Å². The lowest BCUT2D eigenvalue weighted by Gasteiger charge is -2.21. The molecule has 0 atom stereocenters. The third-order valence-electron chi connectivity index (χ3n) is 9.48. The van der Waals surface area contributed by atoms with Crippen LogP contribution in [-0.4, -0.2) is 15.0 Å². The molecule has 1 aromatic heterocycles. The molecule has 1 heterocycles. The van der Waals surface area contributed by atoms with E-state index in [0.29, 0.717) is 17.5 Å². The zero-order chi connectivity index (χ0) is 30.1. The molecule has 0 N–H and O–H groups in total. The van der Waals surface area contributed by atoms with E-state index in [1.54, 1.807) is 0 Å². The second kappa shape index (κ2) is 9.67. The Kier molecular flexibility index (Phi) is 5.54. The van der Waals surface area contributed by atoms with Gasteiger partial charge >= 0.3 is 0 Å². The van der Waals surface area contributed by atoms with Crippen molar-refractivity contribution in [2.75, 3.05) is 0 Å². The van der Waals surface area contributed by atoms with Crippen molar-refractivity contribution in [3.8, 4) is 45.3 Å². The van der Waals surface area contributed by atoms with Crippen LogP contribution in [0.15, 0.2) is 140 Å². The third kappa shape index (κ3) is 4.01. The van der Waals surface area contributed by atoms with Crippen molar-refractivity contribution in [2.45, 2.75) is 19.3 Å². The van der Waals surface area contributed by atoms with Gasteiger partial charge in [-0.05, 0) is 78.8 Å². The quantitative estimate of drug-likeness (QED) is 0.197. The summed E-state index contributed by atoms with van der Waals surface area (Å²) in [6.07, 6.45) is 0. The predicted octanol–water partition coefficient (Wildman–Crippen LogP) is 10.6. The minimum atomic E-state index is -0.0326. The molecule has 0 saturated heterocycles. The molecule has 1 aliphatic carbocycles. The van der Waals surface area contributed by atoms with Crippen molar-refractivity contribution >= 4 is 32.3 Å². The molecule has 7 aromatic carbocycles. The van der Waals surface area contributed by atoms with E-state index in [1.165, 1.54) is 43.8 Å². The highest BCUT2D eigenvalue weighted by Gasteiger charge is 2.35. The number of hydrogen-bond donors (Lipinski definition) is 0. The molecular weight excluding hydrogens is 546 g/mol. The number of nitrogens with zero attached hydrogens (tertiary/aromatic N) is 3. The van der Waals surface area contributed by atoms with E-state index in [1.807, 2.05) is 18.2 Å². The van der Waals surface area contributed by atoms with Crippen molar-refractivity contribution in [2.24, 2.45) is 0 Å². The molecular formula is C42H29N3. The van der Waals surface area contributed by atoms with Gasteiger partial charge < -0.3 is 0 Å². The fourth-order valence-electron chi connectivity index (χ4n) is 7.17. The summed E-state index contributed by atoms with van der Waals surface area (Å²) in [5.74, 6) is 2.00. The van der Waals surface area contributed by atoms with Crippen LogP contribution in [0.2, 0.25) is 0 Å². The maximum Gasteiger partial charge on any atom is 0.164 e. The monoisotopic (exact) mass is 575 g/mol. The topological polar surface area (TPSA) is 38.7 Å². The van der Waals surface area contributed by atoms with Crippen LogP contribution < -0.4 is 0 Å². The maximum absolute atomic E-state index is 5.17. The summed E-state index contributed by atoms with van der Waals surface area (Å²) >= 11 is 0. The van der Waals surface area contributed by atoms with E-state index >= 15 is 0 Å². The van der Waals surface area contributed by atoms with E-state index in [0.717, 1.165) is 27.5 Å². The Morgan fingerprint density at radius 2 is 1.02 bits per heavy atom. The van der Waals surface area contributed by atoms with Crippen LogP contribution in [0.3, 0.4) is 0 Å². The molecule has 0 bridgehead atoms. The first kappa shape index (κ1) is 25.8. The minimum Gasteiger partial charge on any atom is -0.208 e. The van der Waals surface area contributed by atoms with E-state index in [4.69, 9.17) is 15.0 Å². The molecule has 0 saturated carbocycles. The number of benzene rings is 7. The van der Waals surface area contributed by atoms with Gasteiger partial charge in [0.15, 0.2) is 17.5 Å². The van der Waals surface area contributed by atoms with Gasteiger partial charge in [-0.25, -0.2) is 15.0 Å². The van der Waals surface area contributed by atoms with Gasteiger partial charge in [0.2, 0.25) is 0 Å². The Morgan fingerprint density at radius 1 is 0.378 bits per heavy atom. The van der Waals surface area contributed by atoms with Gasteiger partial charge in [-0.3, -0.25) is 0 Å². The van der Waals surface area contributed by atoms with Crippen molar-refractivity contribution in [3.05, 3.63) is 151 Å². The van der Waals surface area contributed by atoms with E-state index in [-0.39, 0.29) is 5.41 Å². The fourth-order valence-corrected chi connectivity index (χ4v) is 7.17. The molecule has 8 aromatic rings. The third-order valence-corrected chi connectivity index (χ3v) is 9.48. The normalized spacial score (nSPS) is 13.3. The summed E-state index contributed by atoms with van der Waals surface area (Å²) in [6.45, 7) is 4.65. The Morgan fingerprint density at radius 3 is 1.87 bits per heavy atom. The summed E-state index contributed by atoms with van der Waals surface area (Å²) in [5.41, 5.74) is 8.29. The summed E-state index contributed by atoms with van der Waals surface area (Å²) in [7, 11) is 0. The Balaban J connectivity index is 1.27. The van der Waals surface area contributed by atoms with E-state index in [9.17, 15) is 0 Å². The number of rotatable bonds is 3. The summed E-state index contributed by atoms with van der Waals surface area (Å²) < 4.78 is 0. The summed E-state index contributed by atoms with van der Waals surface area (Å²) in [6, 6.07) is 49.6. The zero-order valence-electron chi connectivity index (χ0n) is 25.1. The molecule has 0 spiro atoms. The number of hydrogen-bond acceptors (Lipinski definition) is 3. The lowest BCUT2D eigenvalue weighted by Crippen LogP contribution is -2.14. The van der Waals surface area contributed by atoms with Gasteiger partial charge in [-0.15, -0.1) is 0 Å². The molecule has 212 valence electrons. The van der Waals surface area contributed by atoms with Crippen LogP contribution in [-0.2, 0) is 5.41 Å². The molecule has 0 aliphatic heterocycles. The highest BCUT2D eigenvalue weighted by atomic mass is 15.0. The molecule has 9 rings (SSSR count). The van der Waals surface area contributed by atoms with Crippen LogP contribution in [0.4, 0.5) is 0 Å². The standard InChI is InChI=1S/C42H29N3/c1-42(2)37-19-11-10-18-34(37)35-24-30-22-29(21-20-27(30)25-38(35)42)40-43-39(26-12-4-3-5-13-26)44-41(45-40)36-23-28-14-6-7-15-31(28)32-16-8-9-17-33(32)36/h3-25H,1-2H3. The second-order valence-corrected chi connectivity index (χ2v) is 12.5. The van der Waals surface area contributed by atoms with Gasteiger partial charge in [-0.1, -0.05) is 129 Å². The second-order valence-electron chi connectivity index (χ2n) is 12.5. The molecule has 0 amide bonds. The molecule has 0 fully saturated rings. The first-order valence-electron chi connectivity index (χ1n) is 15.5. The van der Waals surface area contributed by atoms with Crippen molar-refractivity contribution in [3.63, 3.8) is 0 Å². The van der Waals surface area contributed by atoms with E-state index in [2.05, 4.69) is 135 Å². The van der Waals surface area contributed by atoms with Crippen molar-refractivity contribution in [1.82, 2.24) is 15.0 Å². The van der Waals surface area contributed by atoms with Crippen LogP contribution >= 0.6 is 0 Å².